The second-order valence-corrected chi connectivity index (χ2v) is 6.47. The van der Waals surface area contributed by atoms with Gasteiger partial charge in [0.1, 0.15) is 5.75 Å². The zero-order valence-electron chi connectivity index (χ0n) is 11.9. The molecular formula is C16H24BrNO. The second-order valence-electron chi connectivity index (χ2n) is 5.62. The van der Waals surface area contributed by atoms with Gasteiger partial charge in [-0.3, -0.25) is 0 Å². The highest BCUT2D eigenvalue weighted by Crippen LogP contribution is 2.25. The van der Waals surface area contributed by atoms with Crippen LogP contribution in [0.25, 0.3) is 0 Å². The minimum Gasteiger partial charge on any atom is -0.497 e. The van der Waals surface area contributed by atoms with Crippen LogP contribution in [-0.4, -0.2) is 19.7 Å². The quantitative estimate of drug-likeness (QED) is 0.774. The van der Waals surface area contributed by atoms with Crippen molar-refractivity contribution in [2.45, 2.75) is 45.1 Å². The van der Waals surface area contributed by atoms with Crippen LogP contribution in [0, 0.1) is 5.92 Å². The van der Waals surface area contributed by atoms with E-state index in [2.05, 4.69) is 40.3 Å². The van der Waals surface area contributed by atoms with Gasteiger partial charge in [0.15, 0.2) is 0 Å². The largest absolute Gasteiger partial charge is 0.497 e. The van der Waals surface area contributed by atoms with E-state index in [1.54, 1.807) is 7.11 Å². The molecule has 1 aliphatic carbocycles. The van der Waals surface area contributed by atoms with E-state index in [-0.39, 0.29) is 0 Å². The number of rotatable bonds is 8. The third kappa shape index (κ3) is 5.15. The number of aryl methyl sites for hydroxylation is 1. The summed E-state index contributed by atoms with van der Waals surface area (Å²) in [4.78, 5) is 0. The number of nitrogens with one attached hydrogen (secondary N) is 1. The van der Waals surface area contributed by atoms with Crippen molar-refractivity contribution in [3.05, 3.63) is 28.2 Å². The van der Waals surface area contributed by atoms with Gasteiger partial charge < -0.3 is 10.1 Å². The van der Waals surface area contributed by atoms with Gasteiger partial charge in [-0.1, -0.05) is 28.9 Å². The van der Waals surface area contributed by atoms with Gasteiger partial charge in [0.05, 0.1) is 7.11 Å². The molecule has 0 saturated heterocycles. The van der Waals surface area contributed by atoms with Gasteiger partial charge in [0, 0.05) is 10.5 Å². The lowest BCUT2D eigenvalue weighted by molar-refractivity contribution is 0.414. The van der Waals surface area contributed by atoms with Crippen molar-refractivity contribution in [3.63, 3.8) is 0 Å². The van der Waals surface area contributed by atoms with Crippen LogP contribution in [0.3, 0.4) is 0 Å². The second kappa shape index (κ2) is 7.30. The number of methoxy groups -OCH3 is 1. The first-order valence-corrected chi connectivity index (χ1v) is 8.04. The molecule has 106 valence electrons. The molecule has 1 aliphatic rings. The summed E-state index contributed by atoms with van der Waals surface area (Å²) >= 11 is 3.63. The molecule has 0 aromatic heterocycles. The number of halogens is 1. The fourth-order valence-corrected chi connectivity index (χ4v) is 2.78. The first-order valence-electron chi connectivity index (χ1n) is 7.25. The fourth-order valence-electron chi connectivity index (χ4n) is 2.23. The monoisotopic (exact) mass is 325 g/mol. The van der Waals surface area contributed by atoms with Crippen molar-refractivity contribution in [1.82, 2.24) is 5.32 Å². The van der Waals surface area contributed by atoms with E-state index in [0.29, 0.717) is 0 Å². The number of ether oxygens (including phenoxy) is 1. The van der Waals surface area contributed by atoms with E-state index in [0.717, 1.165) is 28.6 Å². The minimum absolute atomic E-state index is 0.778. The molecule has 1 saturated carbocycles. The molecule has 19 heavy (non-hydrogen) atoms. The first kappa shape index (κ1) is 14.9. The Morgan fingerprint density at radius 3 is 2.79 bits per heavy atom. The predicted octanol–water partition coefficient (Wildman–Crippen LogP) is 4.17. The molecule has 2 rings (SSSR count). The zero-order chi connectivity index (χ0) is 13.7. The van der Waals surface area contributed by atoms with Gasteiger partial charge in [-0.2, -0.15) is 0 Å². The molecule has 1 N–H and O–H groups in total. The van der Waals surface area contributed by atoms with E-state index >= 15 is 0 Å². The molecule has 3 heteroatoms. The summed E-state index contributed by atoms with van der Waals surface area (Å²) in [7, 11) is 1.70. The van der Waals surface area contributed by atoms with Crippen molar-refractivity contribution in [3.8, 4) is 5.75 Å². The standard InChI is InChI=1S/C16H24BrNO/c1-12(9-10-18-14-6-7-14)3-4-13-5-8-15(19-2)11-16(13)17/h5,8,11-12,14,18H,3-4,6-7,9-10H2,1-2H3. The van der Waals surface area contributed by atoms with Crippen LogP contribution in [0.5, 0.6) is 5.75 Å². The molecule has 1 atom stereocenters. The average Bonchev–Trinajstić information content (AvgIpc) is 3.21. The molecule has 0 radical (unpaired) electrons. The maximum atomic E-state index is 5.22. The van der Waals surface area contributed by atoms with Gasteiger partial charge in [0.25, 0.3) is 0 Å². The maximum absolute atomic E-state index is 5.22. The van der Waals surface area contributed by atoms with Gasteiger partial charge in [-0.15, -0.1) is 0 Å². The molecule has 0 heterocycles. The lowest BCUT2D eigenvalue weighted by Crippen LogP contribution is -2.19. The Bertz CT molecular complexity index is 404. The van der Waals surface area contributed by atoms with E-state index in [4.69, 9.17) is 4.74 Å². The summed E-state index contributed by atoms with van der Waals surface area (Å²) in [5, 5.41) is 3.59. The molecule has 1 unspecified atom stereocenters. The topological polar surface area (TPSA) is 21.3 Å². The molecule has 1 aromatic carbocycles. The van der Waals surface area contributed by atoms with E-state index in [1.807, 2.05) is 6.07 Å². The molecule has 0 bridgehead atoms. The summed E-state index contributed by atoms with van der Waals surface area (Å²) in [6.07, 6.45) is 6.43. The Hall–Kier alpha value is -0.540. The van der Waals surface area contributed by atoms with Gasteiger partial charge in [-0.25, -0.2) is 0 Å². The van der Waals surface area contributed by atoms with Crippen LogP contribution in [0.1, 0.15) is 38.2 Å². The van der Waals surface area contributed by atoms with E-state index in [1.165, 1.54) is 37.8 Å². The lowest BCUT2D eigenvalue weighted by Gasteiger charge is -2.13. The van der Waals surface area contributed by atoms with Crippen LogP contribution < -0.4 is 10.1 Å². The predicted molar refractivity (Wildman–Crippen MR) is 83.8 cm³/mol. The van der Waals surface area contributed by atoms with Gasteiger partial charge >= 0.3 is 0 Å². The van der Waals surface area contributed by atoms with Gasteiger partial charge in [0.2, 0.25) is 0 Å². The number of hydrogen-bond donors (Lipinski definition) is 1. The number of benzene rings is 1. The van der Waals surface area contributed by atoms with Crippen LogP contribution in [-0.2, 0) is 6.42 Å². The Labute approximate surface area is 125 Å². The summed E-state index contributed by atoms with van der Waals surface area (Å²) < 4.78 is 6.38. The van der Waals surface area contributed by atoms with Crippen molar-refractivity contribution < 1.29 is 4.74 Å². The third-order valence-electron chi connectivity index (χ3n) is 3.81. The molecule has 2 nitrogen and oxygen atoms in total. The molecule has 1 fully saturated rings. The molecular weight excluding hydrogens is 302 g/mol. The van der Waals surface area contributed by atoms with Crippen molar-refractivity contribution in [1.29, 1.82) is 0 Å². The zero-order valence-corrected chi connectivity index (χ0v) is 13.5. The van der Waals surface area contributed by atoms with E-state index < -0.39 is 0 Å². The Kier molecular flexibility index (Phi) is 5.71. The minimum atomic E-state index is 0.778. The van der Waals surface area contributed by atoms with E-state index in [9.17, 15) is 0 Å². The number of hydrogen-bond acceptors (Lipinski definition) is 2. The highest BCUT2D eigenvalue weighted by Gasteiger charge is 2.19. The third-order valence-corrected chi connectivity index (χ3v) is 4.55. The Morgan fingerprint density at radius 2 is 2.16 bits per heavy atom. The fraction of sp³-hybridized carbons (Fsp3) is 0.625. The van der Waals surface area contributed by atoms with Crippen LogP contribution in [0.4, 0.5) is 0 Å². The van der Waals surface area contributed by atoms with Crippen LogP contribution in [0.2, 0.25) is 0 Å². The van der Waals surface area contributed by atoms with Gasteiger partial charge in [-0.05, 0) is 62.3 Å². The lowest BCUT2D eigenvalue weighted by atomic mass is 9.98. The molecule has 0 aliphatic heterocycles. The summed E-state index contributed by atoms with van der Waals surface area (Å²) in [5.74, 6) is 1.69. The highest BCUT2D eigenvalue weighted by molar-refractivity contribution is 9.10. The SMILES string of the molecule is COc1ccc(CCC(C)CCNC2CC2)c(Br)c1. The highest BCUT2D eigenvalue weighted by atomic mass is 79.9. The molecule has 0 spiro atoms. The molecule has 0 amide bonds. The van der Waals surface area contributed by atoms with Crippen LogP contribution in [0.15, 0.2) is 22.7 Å². The summed E-state index contributed by atoms with van der Waals surface area (Å²) in [6, 6.07) is 7.09. The van der Waals surface area contributed by atoms with Crippen LogP contribution >= 0.6 is 15.9 Å². The maximum Gasteiger partial charge on any atom is 0.120 e. The Morgan fingerprint density at radius 1 is 1.37 bits per heavy atom. The average molecular weight is 326 g/mol. The normalized spacial score (nSPS) is 16.4. The van der Waals surface area contributed by atoms with Crippen molar-refractivity contribution >= 4 is 15.9 Å². The first-order chi connectivity index (χ1) is 9.19. The Balaban J connectivity index is 1.71. The smallest absolute Gasteiger partial charge is 0.120 e. The van der Waals surface area contributed by atoms with Crippen molar-refractivity contribution in [2.24, 2.45) is 5.92 Å². The summed E-state index contributed by atoms with van der Waals surface area (Å²) in [6.45, 7) is 3.53. The molecule has 1 aromatic rings. The van der Waals surface area contributed by atoms with Crippen molar-refractivity contribution in [2.75, 3.05) is 13.7 Å². The summed E-state index contributed by atoms with van der Waals surface area (Å²) in [5.41, 5.74) is 1.38.